The van der Waals surface area contributed by atoms with Crippen molar-refractivity contribution >= 4 is 0 Å². The Balaban J connectivity index is 2.00. The number of aromatic nitrogens is 1. The Labute approximate surface area is 91.2 Å². The van der Waals surface area contributed by atoms with Gasteiger partial charge in [-0.1, -0.05) is 12.2 Å². The fourth-order valence-electron chi connectivity index (χ4n) is 1.12. The summed E-state index contributed by atoms with van der Waals surface area (Å²) in [5.74, 6) is 0. The average molecular weight is 206 g/mol. The van der Waals surface area contributed by atoms with Crippen molar-refractivity contribution in [2.75, 3.05) is 19.8 Å². The quantitative estimate of drug-likeness (QED) is 0.545. The normalized spacial score (nSPS) is 10.2. The minimum Gasteiger partial charge on any atom is -0.376 e. The highest BCUT2D eigenvalue weighted by atomic mass is 16.5. The molecular formula is C12H18N2O. The van der Waals surface area contributed by atoms with Crippen molar-refractivity contribution in [1.29, 1.82) is 0 Å². The van der Waals surface area contributed by atoms with Crippen LogP contribution >= 0.6 is 0 Å². The van der Waals surface area contributed by atoms with Gasteiger partial charge in [0.2, 0.25) is 0 Å². The molecule has 82 valence electrons. The van der Waals surface area contributed by atoms with E-state index in [0.717, 1.165) is 25.3 Å². The van der Waals surface area contributed by atoms with Crippen LogP contribution in [0.25, 0.3) is 0 Å². The van der Waals surface area contributed by atoms with Crippen LogP contribution in [0.4, 0.5) is 0 Å². The molecule has 0 saturated heterocycles. The van der Waals surface area contributed by atoms with E-state index in [1.54, 1.807) is 12.4 Å². The maximum atomic E-state index is 5.36. The standard InChI is InChI=1S/C12H18N2O/c1-11(2)10-15-8-7-14-9-12-3-5-13-6-4-12/h3-6,14H,1,7-10H2,2H3. The second-order valence-corrected chi connectivity index (χ2v) is 3.54. The SMILES string of the molecule is C=C(C)COCCNCc1ccncc1. The minimum atomic E-state index is 0.650. The molecule has 0 fully saturated rings. The van der Waals surface area contributed by atoms with E-state index in [1.165, 1.54) is 5.56 Å². The van der Waals surface area contributed by atoms with Gasteiger partial charge < -0.3 is 10.1 Å². The van der Waals surface area contributed by atoms with Gasteiger partial charge in [0, 0.05) is 25.5 Å². The molecule has 1 N–H and O–H groups in total. The summed E-state index contributed by atoms with van der Waals surface area (Å²) < 4.78 is 5.36. The van der Waals surface area contributed by atoms with Gasteiger partial charge in [-0.15, -0.1) is 0 Å². The zero-order chi connectivity index (χ0) is 10.9. The van der Waals surface area contributed by atoms with Gasteiger partial charge in [-0.05, 0) is 24.6 Å². The van der Waals surface area contributed by atoms with E-state index < -0.39 is 0 Å². The van der Waals surface area contributed by atoms with E-state index in [2.05, 4.69) is 16.9 Å². The van der Waals surface area contributed by atoms with Crippen LogP contribution in [-0.2, 0) is 11.3 Å². The summed E-state index contributed by atoms with van der Waals surface area (Å²) in [6.45, 7) is 8.82. The third-order valence-corrected chi connectivity index (χ3v) is 1.85. The Hall–Kier alpha value is -1.19. The molecule has 0 aromatic carbocycles. The molecule has 0 saturated carbocycles. The van der Waals surface area contributed by atoms with E-state index in [-0.39, 0.29) is 0 Å². The Kier molecular flexibility index (Phi) is 5.66. The lowest BCUT2D eigenvalue weighted by Crippen LogP contribution is -2.19. The third kappa shape index (κ3) is 5.99. The number of nitrogens with one attached hydrogen (secondary N) is 1. The van der Waals surface area contributed by atoms with Gasteiger partial charge in [-0.3, -0.25) is 4.98 Å². The van der Waals surface area contributed by atoms with Crippen LogP contribution < -0.4 is 5.32 Å². The van der Waals surface area contributed by atoms with E-state index in [4.69, 9.17) is 4.74 Å². The van der Waals surface area contributed by atoms with Crippen LogP contribution in [0.3, 0.4) is 0 Å². The van der Waals surface area contributed by atoms with Gasteiger partial charge in [0.05, 0.1) is 13.2 Å². The lowest BCUT2D eigenvalue weighted by atomic mass is 10.3. The first-order valence-corrected chi connectivity index (χ1v) is 5.11. The highest BCUT2D eigenvalue weighted by molar-refractivity contribution is 5.08. The number of ether oxygens (including phenoxy) is 1. The predicted octanol–water partition coefficient (Wildman–Crippen LogP) is 1.76. The number of nitrogens with zero attached hydrogens (tertiary/aromatic N) is 1. The fraction of sp³-hybridized carbons (Fsp3) is 0.417. The third-order valence-electron chi connectivity index (χ3n) is 1.85. The van der Waals surface area contributed by atoms with Gasteiger partial charge in [0.15, 0.2) is 0 Å². The monoisotopic (exact) mass is 206 g/mol. The van der Waals surface area contributed by atoms with Crippen molar-refractivity contribution in [2.45, 2.75) is 13.5 Å². The van der Waals surface area contributed by atoms with Gasteiger partial charge >= 0.3 is 0 Å². The summed E-state index contributed by atoms with van der Waals surface area (Å²) in [6.07, 6.45) is 3.60. The number of pyridine rings is 1. The summed E-state index contributed by atoms with van der Waals surface area (Å²) >= 11 is 0. The van der Waals surface area contributed by atoms with E-state index in [0.29, 0.717) is 6.61 Å². The topological polar surface area (TPSA) is 34.1 Å². The maximum Gasteiger partial charge on any atom is 0.0672 e. The Morgan fingerprint density at radius 2 is 2.20 bits per heavy atom. The minimum absolute atomic E-state index is 0.650. The summed E-state index contributed by atoms with van der Waals surface area (Å²) in [4.78, 5) is 3.96. The fourth-order valence-corrected chi connectivity index (χ4v) is 1.12. The van der Waals surface area contributed by atoms with E-state index in [1.807, 2.05) is 19.1 Å². The number of rotatable bonds is 7. The molecule has 1 heterocycles. The Bertz CT molecular complexity index is 285. The van der Waals surface area contributed by atoms with Crippen LogP contribution in [0.15, 0.2) is 36.7 Å². The summed E-state index contributed by atoms with van der Waals surface area (Å²) in [5, 5.41) is 3.29. The molecule has 3 nitrogen and oxygen atoms in total. The lowest BCUT2D eigenvalue weighted by molar-refractivity contribution is 0.158. The van der Waals surface area contributed by atoms with Crippen molar-refractivity contribution in [3.05, 3.63) is 42.2 Å². The van der Waals surface area contributed by atoms with Crippen LogP contribution in [0.2, 0.25) is 0 Å². The largest absolute Gasteiger partial charge is 0.376 e. The highest BCUT2D eigenvalue weighted by Crippen LogP contribution is 1.94. The number of hydrogen-bond donors (Lipinski definition) is 1. The number of hydrogen-bond acceptors (Lipinski definition) is 3. The molecule has 0 unspecified atom stereocenters. The molecule has 0 aliphatic carbocycles. The molecule has 1 aromatic rings. The first-order valence-electron chi connectivity index (χ1n) is 5.11. The molecule has 0 radical (unpaired) electrons. The Morgan fingerprint density at radius 3 is 2.87 bits per heavy atom. The molecule has 3 heteroatoms. The smallest absolute Gasteiger partial charge is 0.0672 e. The van der Waals surface area contributed by atoms with Gasteiger partial charge in [0.1, 0.15) is 0 Å². The van der Waals surface area contributed by atoms with Crippen molar-refractivity contribution in [3.8, 4) is 0 Å². The predicted molar refractivity (Wildman–Crippen MR) is 61.6 cm³/mol. The van der Waals surface area contributed by atoms with Gasteiger partial charge in [-0.2, -0.15) is 0 Å². The first-order chi connectivity index (χ1) is 7.29. The highest BCUT2D eigenvalue weighted by Gasteiger charge is 1.91. The second kappa shape index (κ2) is 7.15. The summed E-state index contributed by atoms with van der Waals surface area (Å²) in [6, 6.07) is 4.00. The molecule has 0 amide bonds. The molecule has 0 bridgehead atoms. The van der Waals surface area contributed by atoms with Crippen LogP contribution in [-0.4, -0.2) is 24.7 Å². The van der Waals surface area contributed by atoms with E-state index in [9.17, 15) is 0 Å². The maximum absolute atomic E-state index is 5.36. The molecule has 0 atom stereocenters. The van der Waals surface area contributed by atoms with Crippen LogP contribution in [0.1, 0.15) is 12.5 Å². The van der Waals surface area contributed by atoms with Crippen LogP contribution in [0, 0.1) is 0 Å². The molecule has 0 spiro atoms. The van der Waals surface area contributed by atoms with Gasteiger partial charge in [0.25, 0.3) is 0 Å². The molecular weight excluding hydrogens is 188 g/mol. The van der Waals surface area contributed by atoms with Crippen LogP contribution in [0.5, 0.6) is 0 Å². The van der Waals surface area contributed by atoms with Crippen molar-refractivity contribution in [3.63, 3.8) is 0 Å². The lowest BCUT2D eigenvalue weighted by Gasteiger charge is -2.05. The van der Waals surface area contributed by atoms with Gasteiger partial charge in [-0.25, -0.2) is 0 Å². The molecule has 15 heavy (non-hydrogen) atoms. The molecule has 0 aliphatic heterocycles. The molecule has 1 aromatic heterocycles. The van der Waals surface area contributed by atoms with E-state index >= 15 is 0 Å². The molecule has 1 rings (SSSR count). The van der Waals surface area contributed by atoms with Crippen molar-refractivity contribution in [1.82, 2.24) is 10.3 Å². The summed E-state index contributed by atoms with van der Waals surface area (Å²) in [5.41, 5.74) is 2.30. The zero-order valence-corrected chi connectivity index (χ0v) is 9.20. The average Bonchev–Trinajstić information content (AvgIpc) is 2.24. The van der Waals surface area contributed by atoms with Crippen molar-refractivity contribution < 1.29 is 4.74 Å². The Morgan fingerprint density at radius 1 is 1.47 bits per heavy atom. The zero-order valence-electron chi connectivity index (χ0n) is 9.20. The second-order valence-electron chi connectivity index (χ2n) is 3.54. The van der Waals surface area contributed by atoms with Crippen molar-refractivity contribution in [2.24, 2.45) is 0 Å². The molecule has 0 aliphatic rings. The summed E-state index contributed by atoms with van der Waals surface area (Å²) in [7, 11) is 0. The first kappa shape index (κ1) is 11.9.